The van der Waals surface area contributed by atoms with E-state index in [-0.39, 0.29) is 18.8 Å². The Balaban J connectivity index is 2.89. The number of rotatable bonds is 5. The van der Waals surface area contributed by atoms with Crippen LogP contribution in [0.3, 0.4) is 0 Å². The summed E-state index contributed by atoms with van der Waals surface area (Å²) >= 11 is 0. The summed E-state index contributed by atoms with van der Waals surface area (Å²) in [6.07, 6.45) is 0.912. The third-order valence-electron chi connectivity index (χ3n) is 2.55. The van der Waals surface area contributed by atoms with E-state index in [1.54, 1.807) is 31.2 Å². The van der Waals surface area contributed by atoms with Crippen molar-refractivity contribution in [2.24, 2.45) is 5.92 Å². The van der Waals surface area contributed by atoms with Gasteiger partial charge in [0.15, 0.2) is 5.78 Å². The predicted molar refractivity (Wildman–Crippen MR) is 73.6 cm³/mol. The number of carbonyl (C=O) groups is 2. The number of Topliss-reactive ketones (excluding diaryl/α,β-unsaturated/α-hetero) is 1. The van der Waals surface area contributed by atoms with E-state index < -0.39 is 11.9 Å². The van der Waals surface area contributed by atoms with E-state index in [9.17, 15) is 9.59 Å². The topological polar surface area (TPSA) is 43.4 Å². The highest BCUT2D eigenvalue weighted by molar-refractivity contribution is 6.08. The van der Waals surface area contributed by atoms with E-state index >= 15 is 0 Å². The SMILES string of the molecule is CCC#CCC(C(=O)OCC)C(=O)c1ccccc1. The molecule has 0 fully saturated rings. The third-order valence-corrected chi connectivity index (χ3v) is 2.55. The number of ether oxygens (including phenoxy) is 1. The quantitative estimate of drug-likeness (QED) is 0.353. The second-order valence-corrected chi connectivity index (χ2v) is 3.95. The molecule has 0 saturated heterocycles. The Bertz CT molecular complexity index is 480. The normalized spacial score (nSPS) is 11.1. The average molecular weight is 258 g/mol. The lowest BCUT2D eigenvalue weighted by Gasteiger charge is -2.11. The first-order valence-corrected chi connectivity index (χ1v) is 6.42. The first kappa shape index (κ1) is 15.0. The maximum absolute atomic E-state index is 12.3. The third kappa shape index (κ3) is 4.59. The Hall–Kier alpha value is -2.08. The van der Waals surface area contributed by atoms with Crippen LogP contribution in [0.25, 0.3) is 0 Å². The summed E-state index contributed by atoms with van der Waals surface area (Å²) in [5.74, 6) is 4.16. The van der Waals surface area contributed by atoms with Crippen molar-refractivity contribution in [3.8, 4) is 11.8 Å². The number of hydrogen-bond acceptors (Lipinski definition) is 3. The van der Waals surface area contributed by atoms with E-state index in [0.29, 0.717) is 12.0 Å². The Kier molecular flexibility index (Phi) is 6.38. The van der Waals surface area contributed by atoms with Crippen molar-refractivity contribution in [1.29, 1.82) is 0 Å². The van der Waals surface area contributed by atoms with Crippen LogP contribution >= 0.6 is 0 Å². The maximum atomic E-state index is 12.3. The standard InChI is InChI=1S/C16H18O3/c1-3-5-7-12-14(16(18)19-4-2)15(17)13-10-8-6-9-11-13/h6,8-11,14H,3-4,12H2,1-2H3. The molecule has 3 heteroatoms. The van der Waals surface area contributed by atoms with Crippen LogP contribution < -0.4 is 0 Å². The molecular weight excluding hydrogens is 240 g/mol. The molecule has 0 bridgehead atoms. The van der Waals surface area contributed by atoms with Crippen molar-refractivity contribution < 1.29 is 14.3 Å². The molecule has 1 rings (SSSR count). The van der Waals surface area contributed by atoms with Crippen LogP contribution in [0.15, 0.2) is 30.3 Å². The lowest BCUT2D eigenvalue weighted by Crippen LogP contribution is -2.26. The van der Waals surface area contributed by atoms with Gasteiger partial charge in [0, 0.05) is 18.4 Å². The number of esters is 1. The second-order valence-electron chi connectivity index (χ2n) is 3.95. The van der Waals surface area contributed by atoms with Crippen molar-refractivity contribution in [1.82, 2.24) is 0 Å². The molecule has 0 aliphatic rings. The van der Waals surface area contributed by atoms with E-state index in [0.717, 1.165) is 0 Å². The smallest absolute Gasteiger partial charge is 0.317 e. The van der Waals surface area contributed by atoms with Crippen LogP contribution in [0.1, 0.15) is 37.0 Å². The molecule has 0 spiro atoms. The fourth-order valence-corrected chi connectivity index (χ4v) is 1.63. The molecule has 0 saturated carbocycles. The molecule has 3 nitrogen and oxygen atoms in total. The molecule has 1 atom stereocenters. The molecule has 1 aromatic carbocycles. The number of benzene rings is 1. The highest BCUT2D eigenvalue weighted by Gasteiger charge is 2.27. The minimum Gasteiger partial charge on any atom is -0.465 e. The Morgan fingerprint density at radius 3 is 2.42 bits per heavy atom. The van der Waals surface area contributed by atoms with Crippen LogP contribution in [0, 0.1) is 17.8 Å². The van der Waals surface area contributed by atoms with Gasteiger partial charge in [0.05, 0.1) is 6.61 Å². The summed E-state index contributed by atoms with van der Waals surface area (Å²) in [5, 5.41) is 0. The lowest BCUT2D eigenvalue weighted by molar-refractivity contribution is -0.146. The van der Waals surface area contributed by atoms with Crippen LogP contribution in [0.4, 0.5) is 0 Å². The number of carbonyl (C=O) groups excluding carboxylic acids is 2. The molecule has 19 heavy (non-hydrogen) atoms. The van der Waals surface area contributed by atoms with Crippen molar-refractivity contribution >= 4 is 11.8 Å². The zero-order valence-corrected chi connectivity index (χ0v) is 11.3. The van der Waals surface area contributed by atoms with Gasteiger partial charge in [-0.3, -0.25) is 9.59 Å². The molecular formula is C16H18O3. The van der Waals surface area contributed by atoms with Gasteiger partial charge in [-0.05, 0) is 6.92 Å². The summed E-state index contributed by atoms with van der Waals surface area (Å²) in [7, 11) is 0. The van der Waals surface area contributed by atoms with Gasteiger partial charge in [-0.1, -0.05) is 37.3 Å². The molecule has 1 aromatic rings. The summed E-state index contributed by atoms with van der Waals surface area (Å²) in [6.45, 7) is 3.91. The zero-order valence-electron chi connectivity index (χ0n) is 11.3. The van der Waals surface area contributed by atoms with Gasteiger partial charge in [-0.2, -0.15) is 0 Å². The lowest BCUT2D eigenvalue weighted by atomic mass is 9.95. The van der Waals surface area contributed by atoms with E-state index in [1.807, 2.05) is 13.0 Å². The van der Waals surface area contributed by atoms with Crippen molar-refractivity contribution in [2.75, 3.05) is 6.61 Å². The number of ketones is 1. The molecule has 0 aromatic heterocycles. The monoisotopic (exact) mass is 258 g/mol. The van der Waals surface area contributed by atoms with E-state index in [2.05, 4.69) is 11.8 Å². The molecule has 0 N–H and O–H groups in total. The van der Waals surface area contributed by atoms with Gasteiger partial charge in [-0.25, -0.2) is 0 Å². The molecule has 0 aliphatic carbocycles. The minimum atomic E-state index is -0.832. The first-order valence-electron chi connectivity index (χ1n) is 6.42. The van der Waals surface area contributed by atoms with E-state index in [4.69, 9.17) is 4.74 Å². The van der Waals surface area contributed by atoms with Gasteiger partial charge in [-0.15, -0.1) is 11.8 Å². The van der Waals surface area contributed by atoms with Gasteiger partial charge in [0.1, 0.15) is 5.92 Å². The highest BCUT2D eigenvalue weighted by atomic mass is 16.5. The van der Waals surface area contributed by atoms with Crippen molar-refractivity contribution in [2.45, 2.75) is 26.7 Å². The summed E-state index contributed by atoms with van der Waals surface area (Å²) in [4.78, 5) is 24.1. The Labute approximate surface area is 114 Å². The molecule has 0 radical (unpaired) electrons. The predicted octanol–water partition coefficient (Wildman–Crippen LogP) is 2.85. The largest absolute Gasteiger partial charge is 0.465 e. The van der Waals surface area contributed by atoms with Crippen LogP contribution in [0.2, 0.25) is 0 Å². The average Bonchev–Trinajstić information content (AvgIpc) is 2.44. The van der Waals surface area contributed by atoms with Gasteiger partial charge in [0.2, 0.25) is 0 Å². The summed E-state index contributed by atoms with van der Waals surface area (Å²) < 4.78 is 4.95. The number of hydrogen-bond donors (Lipinski definition) is 0. The highest BCUT2D eigenvalue weighted by Crippen LogP contribution is 2.14. The van der Waals surface area contributed by atoms with Gasteiger partial charge in [0.25, 0.3) is 0 Å². The zero-order chi connectivity index (χ0) is 14.1. The van der Waals surface area contributed by atoms with E-state index in [1.165, 1.54) is 0 Å². The fourth-order valence-electron chi connectivity index (χ4n) is 1.63. The molecule has 100 valence electrons. The molecule has 0 amide bonds. The molecule has 0 aliphatic heterocycles. The Morgan fingerprint density at radius 2 is 1.84 bits per heavy atom. The Morgan fingerprint density at radius 1 is 1.16 bits per heavy atom. The summed E-state index contributed by atoms with van der Waals surface area (Å²) in [5.41, 5.74) is 0.513. The fraction of sp³-hybridized carbons (Fsp3) is 0.375. The van der Waals surface area contributed by atoms with Gasteiger partial charge >= 0.3 is 5.97 Å². The second kappa shape index (κ2) is 8.10. The van der Waals surface area contributed by atoms with Crippen LogP contribution in [-0.4, -0.2) is 18.4 Å². The van der Waals surface area contributed by atoms with Gasteiger partial charge < -0.3 is 4.74 Å². The molecule has 1 unspecified atom stereocenters. The van der Waals surface area contributed by atoms with Crippen LogP contribution in [-0.2, 0) is 9.53 Å². The molecule has 0 heterocycles. The first-order chi connectivity index (χ1) is 9.20. The maximum Gasteiger partial charge on any atom is 0.317 e. The van der Waals surface area contributed by atoms with Crippen LogP contribution in [0.5, 0.6) is 0 Å². The minimum absolute atomic E-state index is 0.209. The summed E-state index contributed by atoms with van der Waals surface area (Å²) in [6, 6.07) is 8.76. The van der Waals surface area contributed by atoms with Crippen molar-refractivity contribution in [3.05, 3.63) is 35.9 Å². The van der Waals surface area contributed by atoms with Crippen molar-refractivity contribution in [3.63, 3.8) is 0 Å².